The van der Waals surface area contributed by atoms with Crippen molar-refractivity contribution in [2.24, 2.45) is 0 Å². The fourth-order valence-corrected chi connectivity index (χ4v) is 2.77. The molecule has 5 nitrogen and oxygen atoms in total. The topological polar surface area (TPSA) is 62.3 Å². The predicted octanol–water partition coefficient (Wildman–Crippen LogP) is 4.08. The highest BCUT2D eigenvalue weighted by Crippen LogP contribution is 2.22. The Hall–Kier alpha value is -2.69. The van der Waals surface area contributed by atoms with Crippen LogP contribution in [0.3, 0.4) is 0 Å². The molecule has 0 saturated carbocycles. The van der Waals surface area contributed by atoms with Crippen LogP contribution in [0.2, 0.25) is 0 Å². The van der Waals surface area contributed by atoms with Crippen molar-refractivity contribution in [1.82, 2.24) is 9.88 Å². The van der Waals surface area contributed by atoms with Crippen LogP contribution >= 0.6 is 0 Å². The van der Waals surface area contributed by atoms with Gasteiger partial charge in [0.15, 0.2) is 0 Å². The zero-order valence-corrected chi connectivity index (χ0v) is 16.0. The third kappa shape index (κ3) is 4.69. The molecule has 2 amide bonds. The highest BCUT2D eigenvalue weighted by Gasteiger charge is 2.16. The summed E-state index contributed by atoms with van der Waals surface area (Å²) >= 11 is 0. The van der Waals surface area contributed by atoms with Crippen LogP contribution in [0, 0.1) is 6.92 Å². The number of benzene rings is 1. The Morgan fingerprint density at radius 1 is 1.19 bits per heavy atom. The van der Waals surface area contributed by atoms with Crippen LogP contribution in [0.15, 0.2) is 36.5 Å². The minimum Gasteiger partial charge on any atom is -0.340 e. The number of para-hydroxylation sites is 1. The van der Waals surface area contributed by atoms with Crippen LogP contribution in [0.1, 0.15) is 58.7 Å². The molecule has 138 valence electrons. The minimum absolute atomic E-state index is 0.168. The molecule has 0 radical (unpaired) electrons. The second-order valence-electron chi connectivity index (χ2n) is 6.43. The number of aromatic nitrogens is 1. The lowest BCUT2D eigenvalue weighted by Gasteiger charge is -2.16. The molecule has 1 aromatic heterocycles. The molecular formula is C21H27N3O2. The van der Waals surface area contributed by atoms with Gasteiger partial charge in [-0.25, -0.2) is 0 Å². The standard InChI is InChI=1S/C21H27N3O2/c1-5-7-13-24(4)21(26)18-14-17(11-12-22-18)20(25)23-19-15(3)9-8-10-16(19)6-2/h8-12,14H,5-7,13H2,1-4H3,(H,23,25). The van der Waals surface area contributed by atoms with Crippen molar-refractivity contribution in [2.75, 3.05) is 18.9 Å². The lowest BCUT2D eigenvalue weighted by Crippen LogP contribution is -2.28. The summed E-state index contributed by atoms with van der Waals surface area (Å²) in [6, 6.07) is 9.15. The van der Waals surface area contributed by atoms with E-state index in [1.165, 1.54) is 6.20 Å². The Bertz CT molecular complexity index is 787. The van der Waals surface area contributed by atoms with E-state index in [4.69, 9.17) is 0 Å². The summed E-state index contributed by atoms with van der Waals surface area (Å²) in [5.41, 5.74) is 3.66. The van der Waals surface area contributed by atoms with Gasteiger partial charge in [0.2, 0.25) is 0 Å². The molecule has 1 heterocycles. The lowest BCUT2D eigenvalue weighted by molar-refractivity contribution is 0.0787. The van der Waals surface area contributed by atoms with Crippen molar-refractivity contribution in [1.29, 1.82) is 0 Å². The van der Waals surface area contributed by atoms with E-state index in [-0.39, 0.29) is 17.5 Å². The van der Waals surface area contributed by atoms with Crippen molar-refractivity contribution in [2.45, 2.75) is 40.0 Å². The maximum absolute atomic E-state index is 12.7. The van der Waals surface area contributed by atoms with E-state index in [2.05, 4.69) is 24.1 Å². The highest BCUT2D eigenvalue weighted by molar-refractivity contribution is 6.06. The van der Waals surface area contributed by atoms with Crippen molar-refractivity contribution in [3.05, 3.63) is 58.9 Å². The minimum atomic E-state index is -0.235. The molecule has 0 aliphatic rings. The van der Waals surface area contributed by atoms with Gasteiger partial charge in [-0.2, -0.15) is 0 Å². The van der Waals surface area contributed by atoms with E-state index >= 15 is 0 Å². The van der Waals surface area contributed by atoms with Gasteiger partial charge in [0.05, 0.1) is 0 Å². The summed E-state index contributed by atoms with van der Waals surface area (Å²) < 4.78 is 0. The van der Waals surface area contributed by atoms with Crippen molar-refractivity contribution < 1.29 is 9.59 Å². The van der Waals surface area contributed by atoms with Gasteiger partial charge in [0, 0.05) is 31.0 Å². The SMILES string of the molecule is CCCCN(C)C(=O)c1cc(C(=O)Nc2c(C)cccc2CC)ccn1. The van der Waals surface area contributed by atoms with E-state index in [1.54, 1.807) is 24.1 Å². The third-order valence-corrected chi connectivity index (χ3v) is 4.41. The number of hydrogen-bond donors (Lipinski definition) is 1. The van der Waals surface area contributed by atoms with Crippen LogP contribution in [0.4, 0.5) is 5.69 Å². The van der Waals surface area contributed by atoms with Crippen LogP contribution in [-0.4, -0.2) is 35.3 Å². The number of carbonyl (C=O) groups excluding carboxylic acids is 2. The average Bonchev–Trinajstić information content (AvgIpc) is 2.67. The fraction of sp³-hybridized carbons (Fsp3) is 0.381. The highest BCUT2D eigenvalue weighted by atomic mass is 16.2. The molecule has 0 saturated heterocycles. The molecule has 0 unspecified atom stereocenters. The summed E-state index contributed by atoms with van der Waals surface area (Å²) in [5, 5.41) is 2.98. The second-order valence-corrected chi connectivity index (χ2v) is 6.43. The van der Waals surface area contributed by atoms with Crippen LogP contribution < -0.4 is 5.32 Å². The number of nitrogens with one attached hydrogen (secondary N) is 1. The number of aryl methyl sites for hydroxylation is 2. The average molecular weight is 353 g/mol. The van der Waals surface area contributed by atoms with Gasteiger partial charge >= 0.3 is 0 Å². The zero-order chi connectivity index (χ0) is 19.1. The van der Waals surface area contributed by atoms with E-state index in [0.29, 0.717) is 12.1 Å². The lowest BCUT2D eigenvalue weighted by atomic mass is 10.1. The number of anilines is 1. The monoisotopic (exact) mass is 353 g/mol. The smallest absolute Gasteiger partial charge is 0.272 e. The summed E-state index contributed by atoms with van der Waals surface area (Å²) in [6.45, 7) is 6.78. The van der Waals surface area contributed by atoms with Crippen LogP contribution in [-0.2, 0) is 6.42 Å². The Kier molecular flexibility index (Phi) is 6.89. The predicted molar refractivity (Wildman–Crippen MR) is 105 cm³/mol. The Morgan fingerprint density at radius 2 is 1.96 bits per heavy atom. The molecule has 2 rings (SSSR count). The summed E-state index contributed by atoms with van der Waals surface area (Å²) in [6.07, 6.45) is 4.30. The van der Waals surface area contributed by atoms with Gasteiger partial charge in [-0.3, -0.25) is 14.6 Å². The van der Waals surface area contributed by atoms with E-state index in [1.807, 2.05) is 25.1 Å². The third-order valence-electron chi connectivity index (χ3n) is 4.41. The molecule has 2 aromatic rings. The summed E-state index contributed by atoms with van der Waals surface area (Å²) in [5.74, 6) is -0.403. The van der Waals surface area contributed by atoms with E-state index < -0.39 is 0 Å². The second kappa shape index (κ2) is 9.13. The number of rotatable bonds is 7. The van der Waals surface area contributed by atoms with E-state index in [9.17, 15) is 9.59 Å². The molecule has 0 bridgehead atoms. The molecule has 0 fully saturated rings. The van der Waals surface area contributed by atoms with Crippen molar-refractivity contribution >= 4 is 17.5 Å². The quantitative estimate of drug-likeness (QED) is 0.816. The first-order valence-electron chi connectivity index (χ1n) is 9.09. The van der Waals surface area contributed by atoms with Crippen LogP contribution in [0.5, 0.6) is 0 Å². The molecule has 26 heavy (non-hydrogen) atoms. The maximum Gasteiger partial charge on any atom is 0.272 e. The first kappa shape index (κ1) is 19.6. The molecule has 5 heteroatoms. The Labute approximate surface area is 155 Å². The number of hydrogen-bond acceptors (Lipinski definition) is 3. The molecular weight excluding hydrogens is 326 g/mol. The van der Waals surface area contributed by atoms with E-state index in [0.717, 1.165) is 36.1 Å². The number of amides is 2. The van der Waals surface area contributed by atoms with Gasteiger partial charge in [0.1, 0.15) is 5.69 Å². The molecule has 1 aromatic carbocycles. The Morgan fingerprint density at radius 3 is 2.65 bits per heavy atom. The largest absolute Gasteiger partial charge is 0.340 e. The maximum atomic E-state index is 12.7. The molecule has 0 aliphatic carbocycles. The Balaban J connectivity index is 2.20. The van der Waals surface area contributed by atoms with Gasteiger partial charge in [0.25, 0.3) is 11.8 Å². The normalized spacial score (nSPS) is 10.5. The first-order valence-corrected chi connectivity index (χ1v) is 9.09. The van der Waals surface area contributed by atoms with Crippen molar-refractivity contribution in [3.8, 4) is 0 Å². The van der Waals surface area contributed by atoms with Crippen LogP contribution in [0.25, 0.3) is 0 Å². The fourth-order valence-electron chi connectivity index (χ4n) is 2.77. The summed E-state index contributed by atoms with van der Waals surface area (Å²) in [4.78, 5) is 30.9. The molecule has 0 aliphatic heterocycles. The number of unbranched alkanes of at least 4 members (excludes halogenated alkanes) is 1. The van der Waals surface area contributed by atoms with Crippen molar-refractivity contribution in [3.63, 3.8) is 0 Å². The number of pyridine rings is 1. The number of nitrogens with zero attached hydrogens (tertiary/aromatic N) is 2. The molecule has 1 N–H and O–H groups in total. The molecule has 0 spiro atoms. The van der Waals surface area contributed by atoms with Gasteiger partial charge < -0.3 is 10.2 Å². The zero-order valence-electron chi connectivity index (χ0n) is 16.0. The number of carbonyl (C=O) groups is 2. The van der Waals surface area contributed by atoms with Gasteiger partial charge in [-0.15, -0.1) is 0 Å². The van der Waals surface area contributed by atoms with Gasteiger partial charge in [-0.1, -0.05) is 38.5 Å². The van der Waals surface area contributed by atoms with Gasteiger partial charge in [-0.05, 0) is 43.0 Å². The molecule has 0 atom stereocenters. The summed E-state index contributed by atoms with van der Waals surface area (Å²) in [7, 11) is 1.76. The first-order chi connectivity index (χ1) is 12.5.